The van der Waals surface area contributed by atoms with E-state index in [9.17, 15) is 14.4 Å². The summed E-state index contributed by atoms with van der Waals surface area (Å²) in [6.45, 7) is 0.481. The van der Waals surface area contributed by atoms with Gasteiger partial charge in [0.15, 0.2) is 0 Å². The smallest absolute Gasteiger partial charge is 0.323 e. The van der Waals surface area contributed by atoms with Crippen LogP contribution in [0.3, 0.4) is 0 Å². The molecule has 0 aliphatic carbocycles. The molecule has 2 N–H and O–H groups in total. The maximum Gasteiger partial charge on any atom is 0.323 e. The molecule has 0 radical (unpaired) electrons. The Hall–Kier alpha value is -1.83. The van der Waals surface area contributed by atoms with Crippen LogP contribution in [0.25, 0.3) is 0 Å². The molecular formula is C12H21N3O5. The third-order valence-corrected chi connectivity index (χ3v) is 3.21. The van der Waals surface area contributed by atoms with Gasteiger partial charge in [-0.1, -0.05) is 0 Å². The number of likely N-dealkylation sites (tertiary alicyclic amines) is 1. The zero-order valence-corrected chi connectivity index (χ0v) is 11.8. The average molecular weight is 287 g/mol. The molecule has 3 amide bonds. The van der Waals surface area contributed by atoms with Crippen molar-refractivity contribution in [2.75, 3.05) is 40.4 Å². The standard InChI is InChI=1S/C12H21N3O5/c1-13-11(18)9-4-3-5-15(9)12(19)14(6-7-20-2)8-10(16)17/h9H,3-8H2,1-2H3,(H,13,18)(H,16,17). The van der Waals surface area contributed by atoms with E-state index >= 15 is 0 Å². The zero-order chi connectivity index (χ0) is 15.1. The SMILES string of the molecule is CNC(=O)C1CCCN1C(=O)N(CCOC)CC(=O)O. The maximum absolute atomic E-state index is 12.4. The molecule has 1 heterocycles. The number of methoxy groups -OCH3 is 1. The minimum absolute atomic E-state index is 0.179. The second kappa shape index (κ2) is 7.68. The van der Waals surface area contributed by atoms with Gasteiger partial charge in [-0.25, -0.2) is 4.79 Å². The third kappa shape index (κ3) is 4.09. The van der Waals surface area contributed by atoms with Gasteiger partial charge in [-0.15, -0.1) is 0 Å². The number of carboxylic acid groups (broad SMARTS) is 1. The van der Waals surface area contributed by atoms with Crippen molar-refractivity contribution in [2.45, 2.75) is 18.9 Å². The Balaban J connectivity index is 2.76. The van der Waals surface area contributed by atoms with Crippen LogP contribution in [0.1, 0.15) is 12.8 Å². The molecule has 1 saturated heterocycles. The number of aliphatic carboxylic acids is 1. The molecule has 114 valence electrons. The highest BCUT2D eigenvalue weighted by Gasteiger charge is 2.36. The van der Waals surface area contributed by atoms with E-state index in [1.54, 1.807) is 0 Å². The number of hydrogen-bond donors (Lipinski definition) is 2. The third-order valence-electron chi connectivity index (χ3n) is 3.21. The van der Waals surface area contributed by atoms with E-state index < -0.39 is 24.6 Å². The van der Waals surface area contributed by atoms with Crippen molar-refractivity contribution in [3.05, 3.63) is 0 Å². The second-order valence-electron chi connectivity index (χ2n) is 4.56. The Bertz CT molecular complexity index is 374. The summed E-state index contributed by atoms with van der Waals surface area (Å²) < 4.78 is 4.88. The van der Waals surface area contributed by atoms with Crippen molar-refractivity contribution in [1.29, 1.82) is 0 Å². The van der Waals surface area contributed by atoms with Crippen LogP contribution in [0.4, 0.5) is 4.79 Å². The fraction of sp³-hybridized carbons (Fsp3) is 0.750. The number of carboxylic acids is 1. The summed E-state index contributed by atoms with van der Waals surface area (Å²) in [6, 6.07) is -0.957. The molecule has 0 aromatic rings. The summed E-state index contributed by atoms with van der Waals surface area (Å²) in [5.74, 6) is -1.32. The van der Waals surface area contributed by atoms with Crippen LogP contribution in [-0.4, -0.2) is 79.3 Å². The summed E-state index contributed by atoms with van der Waals surface area (Å²) in [5, 5.41) is 11.4. The summed E-state index contributed by atoms with van der Waals surface area (Å²) in [7, 11) is 3.00. The highest BCUT2D eigenvalue weighted by Crippen LogP contribution is 2.19. The Morgan fingerprint density at radius 2 is 2.15 bits per heavy atom. The lowest BCUT2D eigenvalue weighted by Gasteiger charge is -2.30. The maximum atomic E-state index is 12.4. The predicted octanol–water partition coefficient (Wildman–Crippen LogP) is -0.650. The van der Waals surface area contributed by atoms with Gasteiger partial charge in [-0.3, -0.25) is 9.59 Å². The number of ether oxygens (including phenoxy) is 1. The van der Waals surface area contributed by atoms with Crippen molar-refractivity contribution in [3.8, 4) is 0 Å². The van der Waals surface area contributed by atoms with E-state index in [2.05, 4.69) is 5.32 Å². The molecule has 0 aromatic heterocycles. The van der Waals surface area contributed by atoms with Gasteiger partial charge in [0, 0.05) is 27.2 Å². The van der Waals surface area contributed by atoms with Crippen molar-refractivity contribution in [1.82, 2.24) is 15.1 Å². The topological polar surface area (TPSA) is 99.2 Å². The highest BCUT2D eigenvalue weighted by molar-refractivity contribution is 5.88. The molecule has 0 aromatic carbocycles. The van der Waals surface area contributed by atoms with E-state index in [4.69, 9.17) is 9.84 Å². The molecular weight excluding hydrogens is 266 g/mol. The molecule has 1 aliphatic heterocycles. The molecule has 1 fully saturated rings. The van der Waals surface area contributed by atoms with Crippen LogP contribution in [0.5, 0.6) is 0 Å². The van der Waals surface area contributed by atoms with Crippen LogP contribution in [0, 0.1) is 0 Å². The number of rotatable bonds is 6. The van der Waals surface area contributed by atoms with Crippen molar-refractivity contribution in [3.63, 3.8) is 0 Å². The van der Waals surface area contributed by atoms with Gasteiger partial charge in [0.25, 0.3) is 0 Å². The molecule has 0 saturated carbocycles. The Morgan fingerprint density at radius 3 is 2.70 bits per heavy atom. The van der Waals surface area contributed by atoms with Crippen molar-refractivity contribution in [2.24, 2.45) is 0 Å². The van der Waals surface area contributed by atoms with Crippen LogP contribution in [0.15, 0.2) is 0 Å². The van der Waals surface area contributed by atoms with Gasteiger partial charge in [0.2, 0.25) is 5.91 Å². The number of carbonyl (C=O) groups excluding carboxylic acids is 2. The first kappa shape index (κ1) is 16.2. The summed E-state index contributed by atoms with van der Waals surface area (Å²) in [5.41, 5.74) is 0. The molecule has 0 spiro atoms. The predicted molar refractivity (Wildman–Crippen MR) is 70.3 cm³/mol. The normalized spacial score (nSPS) is 17.9. The molecule has 20 heavy (non-hydrogen) atoms. The van der Waals surface area contributed by atoms with Crippen LogP contribution < -0.4 is 5.32 Å². The molecule has 1 atom stereocenters. The fourth-order valence-corrected chi connectivity index (χ4v) is 2.22. The molecule has 1 rings (SSSR count). The lowest BCUT2D eigenvalue weighted by Crippen LogP contribution is -2.52. The number of urea groups is 1. The Labute approximate surface area is 117 Å². The summed E-state index contributed by atoms with van der Waals surface area (Å²) in [6.07, 6.45) is 1.33. The van der Waals surface area contributed by atoms with E-state index in [1.165, 1.54) is 24.0 Å². The molecule has 1 aliphatic rings. The molecule has 0 bridgehead atoms. The minimum Gasteiger partial charge on any atom is -0.480 e. The van der Waals surface area contributed by atoms with Crippen LogP contribution in [0.2, 0.25) is 0 Å². The number of nitrogens with one attached hydrogen (secondary N) is 1. The second-order valence-corrected chi connectivity index (χ2v) is 4.56. The number of carbonyl (C=O) groups is 3. The van der Waals surface area contributed by atoms with Gasteiger partial charge >= 0.3 is 12.0 Å². The van der Waals surface area contributed by atoms with Gasteiger partial charge in [-0.2, -0.15) is 0 Å². The van der Waals surface area contributed by atoms with E-state index in [0.29, 0.717) is 13.0 Å². The first-order valence-corrected chi connectivity index (χ1v) is 6.49. The highest BCUT2D eigenvalue weighted by atomic mass is 16.5. The number of hydrogen-bond acceptors (Lipinski definition) is 4. The number of nitrogens with zero attached hydrogens (tertiary/aromatic N) is 2. The lowest BCUT2D eigenvalue weighted by molar-refractivity contribution is -0.137. The summed E-state index contributed by atoms with van der Waals surface area (Å²) in [4.78, 5) is 37.5. The summed E-state index contributed by atoms with van der Waals surface area (Å²) >= 11 is 0. The van der Waals surface area contributed by atoms with E-state index in [0.717, 1.165) is 6.42 Å². The quantitative estimate of drug-likeness (QED) is 0.676. The molecule has 1 unspecified atom stereocenters. The zero-order valence-electron chi connectivity index (χ0n) is 11.8. The Morgan fingerprint density at radius 1 is 1.45 bits per heavy atom. The van der Waals surface area contributed by atoms with Gasteiger partial charge < -0.3 is 25.0 Å². The van der Waals surface area contributed by atoms with Gasteiger partial charge in [0.05, 0.1) is 6.61 Å². The number of amides is 3. The monoisotopic (exact) mass is 287 g/mol. The van der Waals surface area contributed by atoms with Gasteiger partial charge in [0.1, 0.15) is 12.6 Å². The Kier molecular flexibility index (Phi) is 6.23. The first-order chi connectivity index (χ1) is 9.51. The van der Waals surface area contributed by atoms with Crippen molar-refractivity contribution < 1.29 is 24.2 Å². The lowest BCUT2D eigenvalue weighted by atomic mass is 10.2. The fourth-order valence-electron chi connectivity index (χ4n) is 2.22. The molecule has 8 heteroatoms. The van der Waals surface area contributed by atoms with Gasteiger partial charge in [-0.05, 0) is 12.8 Å². The molecule has 8 nitrogen and oxygen atoms in total. The van der Waals surface area contributed by atoms with Crippen LogP contribution in [-0.2, 0) is 14.3 Å². The van der Waals surface area contributed by atoms with E-state index in [1.807, 2.05) is 0 Å². The largest absolute Gasteiger partial charge is 0.480 e. The van der Waals surface area contributed by atoms with Crippen molar-refractivity contribution >= 4 is 17.9 Å². The average Bonchev–Trinajstić information content (AvgIpc) is 2.90. The van der Waals surface area contributed by atoms with Crippen LogP contribution >= 0.6 is 0 Å². The number of likely N-dealkylation sites (N-methyl/N-ethyl adjacent to an activating group) is 1. The first-order valence-electron chi connectivity index (χ1n) is 6.49. The van der Waals surface area contributed by atoms with E-state index in [-0.39, 0.29) is 19.1 Å². The minimum atomic E-state index is -1.09.